The first-order valence-corrected chi connectivity index (χ1v) is 7.55. The minimum absolute atomic E-state index is 0.778. The summed E-state index contributed by atoms with van der Waals surface area (Å²) in [7, 11) is 5.55. The van der Waals surface area contributed by atoms with Crippen LogP contribution in [0.1, 0.15) is 5.56 Å². The van der Waals surface area contributed by atoms with Gasteiger partial charge in [-0.05, 0) is 34.9 Å². The monoisotopic (exact) mass is 293 g/mol. The molecule has 0 bridgehead atoms. The van der Waals surface area contributed by atoms with E-state index in [-0.39, 0.29) is 0 Å². The molecule has 3 aromatic carbocycles. The highest BCUT2D eigenvalue weighted by atomic mass is 16.5. The summed E-state index contributed by atoms with van der Waals surface area (Å²) in [6.45, 7) is 1.06. The van der Waals surface area contributed by atoms with Crippen LogP contribution in [-0.2, 0) is 6.42 Å². The first kappa shape index (κ1) is 13.3. The molecule has 1 aliphatic rings. The minimum atomic E-state index is 0.778. The second-order valence-corrected chi connectivity index (χ2v) is 5.81. The van der Waals surface area contributed by atoms with E-state index < -0.39 is 0 Å². The zero-order chi connectivity index (χ0) is 15.3. The molecule has 1 aliphatic heterocycles. The summed E-state index contributed by atoms with van der Waals surface area (Å²) in [4.78, 5) is 2.34. The summed E-state index contributed by atoms with van der Waals surface area (Å²) in [6, 6.07) is 12.9. The molecule has 0 aliphatic carbocycles. The van der Waals surface area contributed by atoms with Gasteiger partial charge in [0.15, 0.2) is 11.5 Å². The van der Waals surface area contributed by atoms with Crippen molar-refractivity contribution in [2.45, 2.75) is 6.42 Å². The number of rotatable bonds is 2. The number of hydrogen-bond acceptors (Lipinski definition) is 3. The van der Waals surface area contributed by atoms with Crippen LogP contribution in [0.4, 0.5) is 5.69 Å². The van der Waals surface area contributed by atoms with Crippen molar-refractivity contribution in [3.05, 3.63) is 42.0 Å². The Morgan fingerprint density at radius 2 is 1.86 bits per heavy atom. The van der Waals surface area contributed by atoms with Gasteiger partial charge in [-0.2, -0.15) is 0 Å². The fraction of sp³-hybridized carbons (Fsp3) is 0.263. The molecule has 0 N–H and O–H groups in total. The normalized spacial score (nSPS) is 13.7. The van der Waals surface area contributed by atoms with Crippen molar-refractivity contribution in [1.82, 2.24) is 0 Å². The molecule has 0 atom stereocenters. The van der Waals surface area contributed by atoms with Crippen LogP contribution >= 0.6 is 0 Å². The molecule has 0 saturated carbocycles. The maximum atomic E-state index is 5.68. The summed E-state index contributed by atoms with van der Waals surface area (Å²) in [6.07, 6.45) is 1.08. The number of anilines is 1. The predicted octanol–water partition coefficient (Wildman–Crippen LogP) is 4.00. The molecule has 22 heavy (non-hydrogen) atoms. The highest BCUT2D eigenvalue weighted by Gasteiger charge is 2.20. The van der Waals surface area contributed by atoms with Gasteiger partial charge in [0.1, 0.15) is 0 Å². The Morgan fingerprint density at radius 3 is 2.64 bits per heavy atom. The molecule has 0 fully saturated rings. The van der Waals surface area contributed by atoms with Gasteiger partial charge in [-0.3, -0.25) is 0 Å². The van der Waals surface area contributed by atoms with Gasteiger partial charge in [-0.1, -0.05) is 24.3 Å². The lowest BCUT2D eigenvalue weighted by Gasteiger charge is -2.29. The van der Waals surface area contributed by atoms with E-state index in [1.165, 1.54) is 27.4 Å². The van der Waals surface area contributed by atoms with Crippen LogP contribution in [0.25, 0.3) is 21.5 Å². The molecule has 0 radical (unpaired) electrons. The maximum Gasteiger partial charge on any atom is 0.169 e. The molecular formula is C19H19NO2. The second kappa shape index (κ2) is 4.80. The van der Waals surface area contributed by atoms with Gasteiger partial charge in [-0.15, -0.1) is 0 Å². The van der Waals surface area contributed by atoms with E-state index in [1.54, 1.807) is 14.2 Å². The van der Waals surface area contributed by atoms with Crippen LogP contribution in [0.15, 0.2) is 36.4 Å². The van der Waals surface area contributed by atoms with Gasteiger partial charge in [0, 0.05) is 30.1 Å². The van der Waals surface area contributed by atoms with Crippen molar-refractivity contribution in [3.63, 3.8) is 0 Å². The summed E-state index contributed by atoms with van der Waals surface area (Å²) < 4.78 is 11.2. The quantitative estimate of drug-likeness (QED) is 0.667. The highest BCUT2D eigenvalue weighted by Crippen LogP contribution is 2.44. The van der Waals surface area contributed by atoms with Crippen molar-refractivity contribution in [2.24, 2.45) is 0 Å². The first-order chi connectivity index (χ1) is 10.7. The van der Waals surface area contributed by atoms with Crippen molar-refractivity contribution in [2.75, 3.05) is 32.7 Å². The summed E-state index contributed by atoms with van der Waals surface area (Å²) >= 11 is 0. The zero-order valence-corrected chi connectivity index (χ0v) is 13.1. The Hall–Kier alpha value is -2.42. The zero-order valence-electron chi connectivity index (χ0n) is 13.1. The average Bonchev–Trinajstić information content (AvgIpc) is 2.56. The number of likely N-dealkylation sites (N-methyl/N-ethyl adjacent to an activating group) is 1. The molecule has 0 aromatic heterocycles. The SMILES string of the molecule is COc1ccc2cc3c4c(cccc4c2c1OC)CCN3C. The molecule has 112 valence electrons. The van der Waals surface area contributed by atoms with Crippen LogP contribution in [0.5, 0.6) is 11.5 Å². The smallest absolute Gasteiger partial charge is 0.169 e. The second-order valence-electron chi connectivity index (χ2n) is 5.81. The fourth-order valence-electron chi connectivity index (χ4n) is 3.59. The molecule has 3 nitrogen and oxygen atoms in total. The third-order valence-electron chi connectivity index (χ3n) is 4.67. The summed E-state index contributed by atoms with van der Waals surface area (Å²) in [5.41, 5.74) is 2.72. The van der Waals surface area contributed by atoms with Crippen LogP contribution < -0.4 is 14.4 Å². The van der Waals surface area contributed by atoms with Crippen LogP contribution in [0.2, 0.25) is 0 Å². The molecule has 0 unspecified atom stereocenters. The van der Waals surface area contributed by atoms with Crippen LogP contribution in [0, 0.1) is 0 Å². The number of benzene rings is 3. The molecule has 0 saturated heterocycles. The predicted molar refractivity (Wildman–Crippen MR) is 91.5 cm³/mol. The Bertz CT molecular complexity index is 886. The van der Waals surface area contributed by atoms with E-state index in [1.807, 2.05) is 6.07 Å². The van der Waals surface area contributed by atoms with E-state index in [2.05, 4.69) is 42.3 Å². The van der Waals surface area contributed by atoms with Crippen molar-refractivity contribution in [1.29, 1.82) is 0 Å². The maximum absolute atomic E-state index is 5.68. The van der Waals surface area contributed by atoms with Crippen molar-refractivity contribution >= 4 is 27.2 Å². The molecule has 0 amide bonds. The average molecular weight is 293 g/mol. The number of nitrogens with zero attached hydrogens (tertiary/aromatic N) is 1. The highest BCUT2D eigenvalue weighted by molar-refractivity contribution is 6.17. The molecule has 4 rings (SSSR count). The summed E-state index contributed by atoms with van der Waals surface area (Å²) in [5, 5.41) is 4.91. The molecule has 3 aromatic rings. The minimum Gasteiger partial charge on any atom is -0.493 e. The molecule has 1 heterocycles. The van der Waals surface area contributed by atoms with Gasteiger partial charge < -0.3 is 14.4 Å². The van der Waals surface area contributed by atoms with Crippen LogP contribution in [-0.4, -0.2) is 27.8 Å². The van der Waals surface area contributed by atoms with Gasteiger partial charge in [0.05, 0.1) is 14.2 Å². The lowest BCUT2D eigenvalue weighted by Crippen LogP contribution is -2.24. The van der Waals surface area contributed by atoms with Gasteiger partial charge in [-0.25, -0.2) is 0 Å². The molecule has 0 spiro atoms. The number of ether oxygens (including phenoxy) is 2. The fourth-order valence-corrected chi connectivity index (χ4v) is 3.59. The summed E-state index contributed by atoms with van der Waals surface area (Å²) in [5.74, 6) is 1.59. The number of fused-ring (bicyclic) bond motifs is 2. The van der Waals surface area contributed by atoms with Crippen molar-refractivity contribution < 1.29 is 9.47 Å². The third kappa shape index (κ3) is 1.68. The van der Waals surface area contributed by atoms with E-state index in [0.717, 1.165) is 29.9 Å². The van der Waals surface area contributed by atoms with E-state index >= 15 is 0 Å². The lowest BCUT2D eigenvalue weighted by molar-refractivity contribution is 0.359. The van der Waals surface area contributed by atoms with E-state index in [9.17, 15) is 0 Å². The topological polar surface area (TPSA) is 21.7 Å². The molecular weight excluding hydrogens is 274 g/mol. The number of hydrogen-bond donors (Lipinski definition) is 0. The van der Waals surface area contributed by atoms with Gasteiger partial charge >= 0.3 is 0 Å². The Balaban J connectivity index is 2.24. The largest absolute Gasteiger partial charge is 0.493 e. The van der Waals surface area contributed by atoms with Crippen LogP contribution in [0.3, 0.4) is 0 Å². The van der Waals surface area contributed by atoms with Crippen molar-refractivity contribution in [3.8, 4) is 11.5 Å². The Kier molecular flexibility index (Phi) is 2.89. The number of methoxy groups -OCH3 is 2. The Labute approximate surface area is 130 Å². The van der Waals surface area contributed by atoms with Gasteiger partial charge in [0.2, 0.25) is 0 Å². The van der Waals surface area contributed by atoms with E-state index in [4.69, 9.17) is 9.47 Å². The standard InChI is InChI=1S/C19H19NO2/c1-20-10-9-12-5-4-6-14-17(12)15(20)11-13-7-8-16(21-2)19(22-3)18(13)14/h4-8,11H,9-10H2,1-3H3. The Morgan fingerprint density at radius 1 is 1.00 bits per heavy atom. The lowest BCUT2D eigenvalue weighted by atomic mass is 9.92. The third-order valence-corrected chi connectivity index (χ3v) is 4.67. The first-order valence-electron chi connectivity index (χ1n) is 7.55. The van der Waals surface area contributed by atoms with Gasteiger partial charge in [0.25, 0.3) is 0 Å². The van der Waals surface area contributed by atoms with E-state index in [0.29, 0.717) is 0 Å². The molecule has 3 heteroatoms.